The quantitative estimate of drug-likeness (QED) is 0.572. The molecule has 0 amide bonds. The molecular weight excluding hydrogens is 211 g/mol. The molecule has 1 heterocycles. The fourth-order valence-corrected chi connectivity index (χ4v) is 1.19. The highest BCUT2D eigenvalue weighted by molar-refractivity contribution is 5.84. The highest BCUT2D eigenvalue weighted by Crippen LogP contribution is 2.26. The predicted molar refractivity (Wildman–Crippen MR) is 47.1 cm³/mol. The fraction of sp³-hybridized carbons (Fsp3) is 0.444. The topological polar surface area (TPSA) is 38.3 Å². The average Bonchev–Trinajstić information content (AvgIpc) is 2.50. The summed E-state index contributed by atoms with van der Waals surface area (Å²) in [5.74, 6) is -0.755. The molecule has 0 spiro atoms. The Balaban J connectivity index is 2.68. The van der Waals surface area contributed by atoms with Gasteiger partial charge in [-0.1, -0.05) is 6.08 Å². The molecule has 3 nitrogen and oxygen atoms in total. The Morgan fingerprint density at radius 2 is 2.33 bits per heavy atom. The number of cyclic esters (lactones) is 1. The van der Waals surface area contributed by atoms with E-state index < -0.39 is 24.3 Å². The largest absolute Gasteiger partial charge is 0.453 e. The Morgan fingerprint density at radius 1 is 1.67 bits per heavy atom. The van der Waals surface area contributed by atoms with E-state index in [1.54, 1.807) is 0 Å². The Kier molecular flexibility index (Phi) is 3.52. The zero-order valence-electron chi connectivity index (χ0n) is 7.75. The Hall–Kier alpha value is -1.30. The molecule has 6 heteroatoms. The first kappa shape index (κ1) is 11.8. The lowest BCUT2D eigenvalue weighted by molar-refractivity contribution is -0.179. The van der Waals surface area contributed by atoms with Crippen molar-refractivity contribution >= 4 is 5.97 Å². The highest BCUT2D eigenvalue weighted by Gasteiger charge is 2.46. The van der Waals surface area contributed by atoms with Gasteiger partial charge in [-0.25, -0.2) is 4.79 Å². The van der Waals surface area contributed by atoms with Gasteiger partial charge in [0.15, 0.2) is 0 Å². The molecule has 1 N–H and O–H groups in total. The molecule has 15 heavy (non-hydrogen) atoms. The molecule has 0 saturated heterocycles. The van der Waals surface area contributed by atoms with Crippen LogP contribution in [-0.2, 0) is 9.53 Å². The number of hydrogen-bond acceptors (Lipinski definition) is 3. The van der Waals surface area contributed by atoms with E-state index in [1.165, 1.54) is 6.08 Å². The maximum atomic E-state index is 12.5. The van der Waals surface area contributed by atoms with Crippen LogP contribution in [0.1, 0.15) is 0 Å². The number of esters is 1. The molecule has 0 bridgehead atoms. The third kappa shape index (κ3) is 3.09. The molecule has 0 fully saturated rings. The zero-order chi connectivity index (χ0) is 11.5. The van der Waals surface area contributed by atoms with E-state index in [0.29, 0.717) is 0 Å². The minimum atomic E-state index is -4.47. The summed E-state index contributed by atoms with van der Waals surface area (Å²) >= 11 is 0. The third-order valence-electron chi connectivity index (χ3n) is 1.84. The van der Waals surface area contributed by atoms with E-state index in [-0.39, 0.29) is 6.54 Å². The number of alkyl halides is 3. The molecule has 0 aromatic heterocycles. The first-order valence-electron chi connectivity index (χ1n) is 4.25. The van der Waals surface area contributed by atoms with Gasteiger partial charge in [-0.15, -0.1) is 6.58 Å². The fourth-order valence-electron chi connectivity index (χ4n) is 1.19. The summed E-state index contributed by atoms with van der Waals surface area (Å²) < 4.78 is 42.0. The number of carbonyl (C=O) groups is 1. The van der Waals surface area contributed by atoms with E-state index in [2.05, 4.69) is 16.6 Å². The van der Waals surface area contributed by atoms with Gasteiger partial charge in [0.1, 0.15) is 12.1 Å². The van der Waals surface area contributed by atoms with Crippen molar-refractivity contribution in [3.8, 4) is 0 Å². The van der Waals surface area contributed by atoms with Crippen LogP contribution in [0.5, 0.6) is 0 Å². The molecule has 84 valence electrons. The summed E-state index contributed by atoms with van der Waals surface area (Å²) in [5.41, 5.74) is 0. The number of nitrogens with one attached hydrogen (secondary N) is 1. The third-order valence-corrected chi connectivity index (χ3v) is 1.84. The molecular formula is C9H10F3NO2. The van der Waals surface area contributed by atoms with Crippen LogP contribution < -0.4 is 5.32 Å². The van der Waals surface area contributed by atoms with E-state index in [9.17, 15) is 18.0 Å². The number of ether oxygens (including phenoxy) is 1. The molecule has 2 atom stereocenters. The van der Waals surface area contributed by atoms with Crippen molar-refractivity contribution in [2.75, 3.05) is 6.54 Å². The van der Waals surface area contributed by atoms with Gasteiger partial charge < -0.3 is 4.74 Å². The summed E-state index contributed by atoms with van der Waals surface area (Å²) in [4.78, 5) is 10.6. The van der Waals surface area contributed by atoms with Crippen molar-refractivity contribution in [3.63, 3.8) is 0 Å². The monoisotopic (exact) mass is 221 g/mol. The number of halogens is 3. The van der Waals surface area contributed by atoms with Crippen LogP contribution >= 0.6 is 0 Å². The zero-order valence-corrected chi connectivity index (χ0v) is 7.75. The van der Waals surface area contributed by atoms with Crippen LogP contribution in [-0.4, -0.2) is 30.8 Å². The Labute approximate surface area is 84.6 Å². The predicted octanol–water partition coefficient (Wildman–Crippen LogP) is 1.17. The van der Waals surface area contributed by atoms with Gasteiger partial charge >= 0.3 is 12.1 Å². The second-order valence-corrected chi connectivity index (χ2v) is 2.98. The molecule has 0 radical (unpaired) electrons. The van der Waals surface area contributed by atoms with Gasteiger partial charge in [-0.05, 0) is 6.08 Å². The number of hydrogen-bond donors (Lipinski definition) is 1. The van der Waals surface area contributed by atoms with Crippen LogP contribution in [0, 0.1) is 0 Å². The van der Waals surface area contributed by atoms with Crippen molar-refractivity contribution in [1.82, 2.24) is 5.32 Å². The normalized spacial score (nSPS) is 22.6. The molecule has 0 unspecified atom stereocenters. The van der Waals surface area contributed by atoms with Gasteiger partial charge in [0.2, 0.25) is 0 Å². The minimum Gasteiger partial charge on any atom is -0.453 e. The lowest BCUT2D eigenvalue weighted by Crippen LogP contribution is -2.50. The lowest BCUT2D eigenvalue weighted by atomic mass is 10.1. The number of rotatable bonds is 4. The second-order valence-electron chi connectivity index (χ2n) is 2.98. The smallest absolute Gasteiger partial charge is 0.407 e. The Morgan fingerprint density at radius 3 is 2.73 bits per heavy atom. The minimum absolute atomic E-state index is 0.00787. The first-order chi connectivity index (χ1) is 6.95. The van der Waals surface area contributed by atoms with Crippen LogP contribution in [0.3, 0.4) is 0 Å². The van der Waals surface area contributed by atoms with Crippen molar-refractivity contribution < 1.29 is 22.7 Å². The van der Waals surface area contributed by atoms with Gasteiger partial charge in [-0.2, -0.15) is 13.2 Å². The molecule has 1 aliphatic rings. The Bertz CT molecular complexity index is 286. The van der Waals surface area contributed by atoms with Gasteiger partial charge in [0.05, 0.1) is 0 Å². The molecule has 0 aliphatic carbocycles. The summed E-state index contributed by atoms with van der Waals surface area (Å²) in [7, 11) is 0. The highest BCUT2D eigenvalue weighted by atomic mass is 19.4. The summed E-state index contributed by atoms with van der Waals surface area (Å²) in [6.45, 7) is 3.29. The average molecular weight is 221 g/mol. The maximum absolute atomic E-state index is 12.5. The van der Waals surface area contributed by atoms with Crippen molar-refractivity contribution in [2.24, 2.45) is 0 Å². The van der Waals surface area contributed by atoms with Crippen LogP contribution in [0.25, 0.3) is 0 Å². The van der Waals surface area contributed by atoms with Crippen molar-refractivity contribution in [2.45, 2.75) is 18.3 Å². The van der Waals surface area contributed by atoms with Gasteiger partial charge in [-0.3, -0.25) is 5.32 Å². The molecule has 1 aliphatic heterocycles. The van der Waals surface area contributed by atoms with Crippen LogP contribution in [0.15, 0.2) is 24.8 Å². The molecule has 0 aromatic rings. The first-order valence-corrected chi connectivity index (χ1v) is 4.25. The summed E-state index contributed by atoms with van der Waals surface area (Å²) in [6, 6.07) is -1.89. The van der Waals surface area contributed by atoms with Gasteiger partial charge in [0.25, 0.3) is 0 Å². The van der Waals surface area contributed by atoms with E-state index >= 15 is 0 Å². The second kappa shape index (κ2) is 4.48. The van der Waals surface area contributed by atoms with Crippen molar-refractivity contribution in [1.29, 1.82) is 0 Å². The van der Waals surface area contributed by atoms with Crippen LogP contribution in [0.4, 0.5) is 13.2 Å². The molecule has 0 saturated carbocycles. The van der Waals surface area contributed by atoms with E-state index in [1.807, 2.05) is 0 Å². The lowest BCUT2D eigenvalue weighted by Gasteiger charge is -2.24. The van der Waals surface area contributed by atoms with E-state index in [0.717, 1.165) is 12.2 Å². The summed E-state index contributed by atoms with van der Waals surface area (Å²) in [6.07, 6.45) is -2.38. The molecule has 0 aromatic carbocycles. The number of carbonyl (C=O) groups excluding carboxylic acids is 1. The van der Waals surface area contributed by atoms with Crippen molar-refractivity contribution in [3.05, 3.63) is 24.8 Å². The standard InChI is InChI=1S/C9H10F3NO2/c1-2-5-13-8(9(10,11)12)6-3-4-7(14)15-6/h2-4,6,8,13H,1,5H2/t6-,8-/m1/s1. The SMILES string of the molecule is C=CCN[C@H]([C@H]1C=CC(=O)O1)C(F)(F)F. The molecule has 1 rings (SSSR count). The maximum Gasteiger partial charge on any atom is 0.407 e. The van der Waals surface area contributed by atoms with E-state index in [4.69, 9.17) is 0 Å². The van der Waals surface area contributed by atoms with Gasteiger partial charge in [0, 0.05) is 12.6 Å². The summed E-state index contributed by atoms with van der Waals surface area (Å²) in [5, 5.41) is 2.20. The van der Waals surface area contributed by atoms with Crippen LogP contribution in [0.2, 0.25) is 0 Å².